The number of amidine groups is 1. The lowest BCUT2D eigenvalue weighted by Crippen LogP contribution is -2.52. The quantitative estimate of drug-likeness (QED) is 0.695. The number of carbonyl (C=O) groups is 1. The highest BCUT2D eigenvalue weighted by atomic mass is 35.5. The van der Waals surface area contributed by atoms with Crippen molar-refractivity contribution in [2.75, 3.05) is 30.9 Å². The Morgan fingerprint density at radius 2 is 2.16 bits per heavy atom. The summed E-state index contributed by atoms with van der Waals surface area (Å²) < 4.78 is 41.1. The van der Waals surface area contributed by atoms with Gasteiger partial charge in [-0.2, -0.15) is 0 Å². The van der Waals surface area contributed by atoms with Crippen LogP contribution in [0.15, 0.2) is 41.5 Å². The van der Waals surface area contributed by atoms with E-state index in [1.807, 2.05) is 6.92 Å². The molecule has 166 valence electrons. The zero-order valence-electron chi connectivity index (χ0n) is 16.6. The van der Waals surface area contributed by atoms with Crippen molar-refractivity contribution in [3.8, 4) is 5.75 Å². The fourth-order valence-corrected chi connectivity index (χ4v) is 4.49. The van der Waals surface area contributed by atoms with E-state index in [-0.39, 0.29) is 53.5 Å². The molecule has 0 saturated carbocycles. The molecule has 0 unspecified atom stereocenters. The molecular formula is C20H21ClF2N4O3S. The Balaban J connectivity index is 0.00000272. The van der Waals surface area contributed by atoms with Crippen molar-refractivity contribution >= 4 is 40.9 Å². The summed E-state index contributed by atoms with van der Waals surface area (Å²) in [5.74, 6) is -0.593. The normalized spacial score (nSPS) is 24.5. The minimum Gasteiger partial charge on any atom is -0.492 e. The molecule has 2 aliphatic rings. The predicted octanol–water partition coefficient (Wildman–Crippen LogP) is 3.29. The standard InChI is InChI=1S/C20H20F2N4O3S.ClH/c1-2-29-13-4-6-16(24-8-13)17(27)25-12-3-5-15(21)14(7-12)20-10-28-9-19(20,22)11-30-18(23)26-20;/h3-8H,2,9-11H2,1H3,(H2,23,26)(H,25,27);1H/t19-,20-;/m1./s1. The summed E-state index contributed by atoms with van der Waals surface area (Å²) in [6, 6.07) is 7.08. The second kappa shape index (κ2) is 8.97. The van der Waals surface area contributed by atoms with Crippen LogP contribution in [-0.2, 0) is 10.3 Å². The number of pyridine rings is 1. The van der Waals surface area contributed by atoms with Crippen LogP contribution in [0.3, 0.4) is 0 Å². The molecule has 1 amide bonds. The summed E-state index contributed by atoms with van der Waals surface area (Å²) >= 11 is 1.07. The molecule has 0 aliphatic carbocycles. The van der Waals surface area contributed by atoms with Crippen molar-refractivity contribution < 1.29 is 23.0 Å². The van der Waals surface area contributed by atoms with Gasteiger partial charge in [-0.15, -0.1) is 12.4 Å². The number of nitrogens with two attached hydrogens (primary N) is 1. The number of nitrogens with one attached hydrogen (secondary N) is 1. The van der Waals surface area contributed by atoms with Gasteiger partial charge in [0.15, 0.2) is 16.4 Å². The number of carbonyl (C=O) groups excluding carboxylic acids is 1. The molecule has 1 aromatic carbocycles. The smallest absolute Gasteiger partial charge is 0.274 e. The lowest BCUT2D eigenvalue weighted by atomic mass is 9.79. The molecule has 1 saturated heterocycles. The van der Waals surface area contributed by atoms with Crippen molar-refractivity contribution in [2.24, 2.45) is 10.7 Å². The Kier molecular flexibility index (Phi) is 6.73. The van der Waals surface area contributed by atoms with Crippen molar-refractivity contribution in [1.82, 2.24) is 4.98 Å². The highest BCUT2D eigenvalue weighted by molar-refractivity contribution is 8.13. The third-order valence-electron chi connectivity index (χ3n) is 5.08. The highest BCUT2D eigenvalue weighted by Crippen LogP contribution is 2.50. The monoisotopic (exact) mass is 470 g/mol. The largest absolute Gasteiger partial charge is 0.492 e. The molecule has 7 nitrogen and oxygen atoms in total. The van der Waals surface area contributed by atoms with E-state index in [0.717, 1.165) is 17.8 Å². The lowest BCUT2D eigenvalue weighted by molar-refractivity contribution is 0.102. The summed E-state index contributed by atoms with van der Waals surface area (Å²) in [5.41, 5.74) is 2.76. The number of amides is 1. The summed E-state index contributed by atoms with van der Waals surface area (Å²) in [6.45, 7) is 1.98. The first kappa shape index (κ1) is 23.2. The van der Waals surface area contributed by atoms with Crippen LogP contribution in [0.2, 0.25) is 0 Å². The number of rotatable bonds is 5. The number of halogens is 3. The number of alkyl halides is 1. The molecule has 0 spiro atoms. The van der Waals surface area contributed by atoms with E-state index < -0.39 is 22.9 Å². The summed E-state index contributed by atoms with van der Waals surface area (Å²) in [7, 11) is 0. The molecule has 11 heteroatoms. The summed E-state index contributed by atoms with van der Waals surface area (Å²) in [5, 5.41) is 2.83. The van der Waals surface area contributed by atoms with E-state index >= 15 is 4.39 Å². The van der Waals surface area contributed by atoms with Crippen molar-refractivity contribution in [3.05, 3.63) is 53.6 Å². The van der Waals surface area contributed by atoms with Gasteiger partial charge >= 0.3 is 0 Å². The summed E-state index contributed by atoms with van der Waals surface area (Å²) in [6.07, 6.45) is 1.44. The number of aromatic nitrogens is 1. The van der Waals surface area contributed by atoms with Gasteiger partial charge in [-0.25, -0.2) is 18.8 Å². The van der Waals surface area contributed by atoms with Gasteiger partial charge in [0.25, 0.3) is 5.91 Å². The first-order valence-corrected chi connectivity index (χ1v) is 10.3. The fourth-order valence-electron chi connectivity index (χ4n) is 3.57. The van der Waals surface area contributed by atoms with Crippen LogP contribution >= 0.6 is 24.2 Å². The summed E-state index contributed by atoms with van der Waals surface area (Å²) in [4.78, 5) is 20.9. The van der Waals surface area contributed by atoms with Gasteiger partial charge in [-0.1, -0.05) is 11.8 Å². The molecule has 2 atom stereocenters. The van der Waals surface area contributed by atoms with E-state index in [4.69, 9.17) is 15.2 Å². The number of ether oxygens (including phenoxy) is 2. The minimum atomic E-state index is -1.90. The van der Waals surface area contributed by atoms with E-state index in [1.165, 1.54) is 24.4 Å². The molecule has 0 bridgehead atoms. The average Bonchev–Trinajstić information content (AvgIpc) is 3.07. The minimum absolute atomic E-state index is 0. The molecule has 3 N–H and O–H groups in total. The maximum Gasteiger partial charge on any atom is 0.274 e. The van der Waals surface area contributed by atoms with Crippen LogP contribution in [0.1, 0.15) is 23.0 Å². The van der Waals surface area contributed by atoms with E-state index in [9.17, 15) is 9.18 Å². The van der Waals surface area contributed by atoms with Gasteiger partial charge in [-0.05, 0) is 37.3 Å². The van der Waals surface area contributed by atoms with E-state index in [2.05, 4.69) is 15.3 Å². The molecule has 1 fully saturated rings. The van der Waals surface area contributed by atoms with Crippen LogP contribution in [-0.4, -0.2) is 47.3 Å². The Morgan fingerprint density at radius 3 is 2.87 bits per heavy atom. The number of thioether (sulfide) groups is 1. The topological polar surface area (TPSA) is 98.8 Å². The Morgan fingerprint density at radius 1 is 1.35 bits per heavy atom. The molecule has 4 rings (SSSR count). The Hall–Kier alpha value is -2.43. The number of benzene rings is 1. The Bertz CT molecular complexity index is 1010. The number of hydrogen-bond donors (Lipinski definition) is 2. The van der Waals surface area contributed by atoms with E-state index in [0.29, 0.717) is 12.4 Å². The van der Waals surface area contributed by atoms with Gasteiger partial charge in [0.05, 0.1) is 26.0 Å². The van der Waals surface area contributed by atoms with Crippen LogP contribution in [0.4, 0.5) is 14.5 Å². The van der Waals surface area contributed by atoms with Crippen molar-refractivity contribution in [2.45, 2.75) is 18.1 Å². The fraction of sp³-hybridized carbons (Fsp3) is 0.350. The van der Waals surface area contributed by atoms with Crippen LogP contribution in [0.25, 0.3) is 0 Å². The number of anilines is 1. The SMILES string of the molecule is CCOc1ccc(C(=O)Nc2ccc(F)c([C@]34COC[C@@]3(F)CSC(N)=N4)c2)nc1.Cl. The van der Waals surface area contributed by atoms with Crippen molar-refractivity contribution in [3.63, 3.8) is 0 Å². The molecule has 31 heavy (non-hydrogen) atoms. The predicted molar refractivity (Wildman–Crippen MR) is 117 cm³/mol. The van der Waals surface area contributed by atoms with Crippen LogP contribution in [0.5, 0.6) is 5.75 Å². The number of hydrogen-bond acceptors (Lipinski definition) is 7. The first-order chi connectivity index (χ1) is 14.4. The van der Waals surface area contributed by atoms with Gasteiger partial charge in [0.1, 0.15) is 17.3 Å². The third-order valence-corrected chi connectivity index (χ3v) is 6.07. The van der Waals surface area contributed by atoms with Crippen LogP contribution in [0, 0.1) is 5.82 Å². The second-order valence-electron chi connectivity index (χ2n) is 7.02. The first-order valence-electron chi connectivity index (χ1n) is 9.32. The highest BCUT2D eigenvalue weighted by Gasteiger charge is 2.61. The number of fused-ring (bicyclic) bond motifs is 1. The lowest BCUT2D eigenvalue weighted by Gasteiger charge is -2.38. The van der Waals surface area contributed by atoms with Gasteiger partial charge in [0, 0.05) is 17.0 Å². The molecule has 3 heterocycles. The number of nitrogens with zero attached hydrogens (tertiary/aromatic N) is 2. The molecule has 2 aromatic rings. The zero-order chi connectivity index (χ0) is 21.4. The van der Waals surface area contributed by atoms with Crippen LogP contribution < -0.4 is 15.8 Å². The average molecular weight is 471 g/mol. The maximum atomic E-state index is 15.6. The molecular weight excluding hydrogens is 450 g/mol. The molecule has 0 radical (unpaired) electrons. The van der Waals surface area contributed by atoms with Gasteiger partial charge in [-0.3, -0.25) is 4.79 Å². The number of aliphatic imine (C=N–C) groups is 1. The van der Waals surface area contributed by atoms with Crippen molar-refractivity contribution in [1.29, 1.82) is 0 Å². The molecule has 2 aliphatic heterocycles. The molecule has 1 aromatic heterocycles. The van der Waals surface area contributed by atoms with E-state index in [1.54, 1.807) is 6.07 Å². The Labute approximate surface area is 188 Å². The maximum absolute atomic E-state index is 15.6. The van der Waals surface area contributed by atoms with Gasteiger partial charge < -0.3 is 20.5 Å². The second-order valence-corrected chi connectivity index (χ2v) is 8.01. The zero-order valence-corrected chi connectivity index (χ0v) is 18.2. The third kappa shape index (κ3) is 4.19. The van der Waals surface area contributed by atoms with Gasteiger partial charge in [0.2, 0.25) is 0 Å².